The van der Waals surface area contributed by atoms with E-state index in [1.165, 1.54) is 70.6 Å². The fourth-order valence-corrected chi connectivity index (χ4v) is 2.85. The molecule has 1 N–H and O–H groups in total. The van der Waals surface area contributed by atoms with E-state index in [9.17, 15) is 0 Å². The summed E-state index contributed by atoms with van der Waals surface area (Å²) < 4.78 is 0. The van der Waals surface area contributed by atoms with Gasteiger partial charge in [0.05, 0.1) is 0 Å². The second-order valence-corrected chi connectivity index (χ2v) is 6.22. The van der Waals surface area contributed by atoms with E-state index in [0.717, 1.165) is 18.3 Å². The summed E-state index contributed by atoms with van der Waals surface area (Å²) in [6.07, 6.45) is 20.9. The first-order valence-electron chi connectivity index (χ1n) is 8.66. The SMILES string of the molecule is CCCCCCCC/C=C/[C@H]1C[C@H]1CCCCCO. The van der Waals surface area contributed by atoms with Crippen molar-refractivity contribution in [3.8, 4) is 0 Å². The van der Waals surface area contributed by atoms with Crippen LogP contribution >= 0.6 is 0 Å². The van der Waals surface area contributed by atoms with E-state index in [4.69, 9.17) is 5.11 Å². The number of rotatable bonds is 13. The fraction of sp³-hybridized carbons (Fsp3) is 0.889. The summed E-state index contributed by atoms with van der Waals surface area (Å²) in [4.78, 5) is 0. The predicted molar refractivity (Wildman–Crippen MR) is 84.3 cm³/mol. The molecule has 0 spiro atoms. The van der Waals surface area contributed by atoms with Gasteiger partial charge in [0.15, 0.2) is 0 Å². The number of aliphatic hydroxyl groups is 1. The van der Waals surface area contributed by atoms with E-state index in [0.29, 0.717) is 6.61 Å². The summed E-state index contributed by atoms with van der Waals surface area (Å²) in [5.74, 6) is 1.87. The number of hydrogen-bond acceptors (Lipinski definition) is 1. The third-order valence-electron chi connectivity index (χ3n) is 4.32. The van der Waals surface area contributed by atoms with Gasteiger partial charge in [-0.15, -0.1) is 0 Å². The number of unbranched alkanes of at least 4 members (excludes halogenated alkanes) is 8. The first-order chi connectivity index (χ1) is 9.38. The van der Waals surface area contributed by atoms with Gasteiger partial charge in [0.25, 0.3) is 0 Å². The van der Waals surface area contributed by atoms with Crippen molar-refractivity contribution in [1.82, 2.24) is 0 Å². The minimum Gasteiger partial charge on any atom is -0.396 e. The van der Waals surface area contributed by atoms with Gasteiger partial charge >= 0.3 is 0 Å². The van der Waals surface area contributed by atoms with Crippen molar-refractivity contribution in [2.24, 2.45) is 11.8 Å². The molecule has 112 valence electrons. The van der Waals surface area contributed by atoms with Gasteiger partial charge < -0.3 is 5.11 Å². The molecule has 0 saturated heterocycles. The molecule has 1 aliphatic carbocycles. The molecular formula is C18H34O. The monoisotopic (exact) mass is 266 g/mol. The van der Waals surface area contributed by atoms with Gasteiger partial charge in [-0.2, -0.15) is 0 Å². The van der Waals surface area contributed by atoms with Crippen LogP contribution in [0.1, 0.15) is 84.0 Å². The average molecular weight is 266 g/mol. The lowest BCUT2D eigenvalue weighted by Crippen LogP contribution is -1.85. The molecule has 1 nitrogen and oxygen atoms in total. The van der Waals surface area contributed by atoms with Gasteiger partial charge in [0, 0.05) is 6.61 Å². The van der Waals surface area contributed by atoms with Crippen LogP contribution in [0, 0.1) is 11.8 Å². The lowest BCUT2D eigenvalue weighted by atomic mass is 10.1. The molecule has 1 saturated carbocycles. The van der Waals surface area contributed by atoms with E-state index >= 15 is 0 Å². The molecule has 0 unspecified atom stereocenters. The maximum Gasteiger partial charge on any atom is 0.0431 e. The predicted octanol–water partition coefficient (Wildman–Crippen LogP) is 5.48. The Bertz CT molecular complexity index is 222. The molecule has 2 atom stereocenters. The van der Waals surface area contributed by atoms with Gasteiger partial charge in [-0.3, -0.25) is 0 Å². The maximum atomic E-state index is 8.72. The molecule has 1 fully saturated rings. The average Bonchev–Trinajstić information content (AvgIpc) is 3.16. The van der Waals surface area contributed by atoms with Gasteiger partial charge in [-0.1, -0.05) is 64.0 Å². The smallest absolute Gasteiger partial charge is 0.0431 e. The molecule has 1 heteroatoms. The quantitative estimate of drug-likeness (QED) is 0.345. The third-order valence-corrected chi connectivity index (χ3v) is 4.32. The fourth-order valence-electron chi connectivity index (χ4n) is 2.85. The third kappa shape index (κ3) is 9.27. The minimum atomic E-state index is 0.367. The highest BCUT2D eigenvalue weighted by atomic mass is 16.2. The molecule has 0 aromatic carbocycles. The zero-order chi connectivity index (χ0) is 13.8. The van der Waals surface area contributed by atoms with E-state index in [-0.39, 0.29) is 0 Å². The molecule has 0 aromatic heterocycles. The summed E-state index contributed by atoms with van der Waals surface area (Å²) in [5.41, 5.74) is 0. The second-order valence-electron chi connectivity index (χ2n) is 6.22. The maximum absolute atomic E-state index is 8.72. The molecule has 19 heavy (non-hydrogen) atoms. The first kappa shape index (κ1) is 16.8. The van der Waals surface area contributed by atoms with Crippen LogP contribution in [0.15, 0.2) is 12.2 Å². The van der Waals surface area contributed by atoms with Crippen LogP contribution in [-0.4, -0.2) is 11.7 Å². The molecule has 0 heterocycles. The summed E-state index contributed by atoms with van der Waals surface area (Å²) in [6, 6.07) is 0. The van der Waals surface area contributed by atoms with Crippen LogP contribution in [0.2, 0.25) is 0 Å². The second kappa shape index (κ2) is 11.5. The zero-order valence-electron chi connectivity index (χ0n) is 12.9. The van der Waals surface area contributed by atoms with Crippen molar-refractivity contribution in [2.75, 3.05) is 6.61 Å². The van der Waals surface area contributed by atoms with Crippen LogP contribution < -0.4 is 0 Å². The van der Waals surface area contributed by atoms with E-state index in [2.05, 4.69) is 19.1 Å². The van der Waals surface area contributed by atoms with E-state index < -0.39 is 0 Å². The molecule has 0 aromatic rings. The van der Waals surface area contributed by atoms with Gasteiger partial charge in [-0.25, -0.2) is 0 Å². The number of allylic oxidation sites excluding steroid dienone is 2. The molecule has 1 aliphatic rings. The van der Waals surface area contributed by atoms with E-state index in [1.54, 1.807) is 0 Å². The Kier molecular flexibility index (Phi) is 10.2. The van der Waals surface area contributed by atoms with Gasteiger partial charge in [-0.05, 0) is 43.9 Å². The Morgan fingerprint density at radius 3 is 2.47 bits per heavy atom. The Morgan fingerprint density at radius 2 is 1.68 bits per heavy atom. The Labute approximate surface area is 120 Å². The van der Waals surface area contributed by atoms with Crippen LogP contribution in [0.4, 0.5) is 0 Å². The van der Waals surface area contributed by atoms with Crippen molar-refractivity contribution in [3.05, 3.63) is 12.2 Å². The van der Waals surface area contributed by atoms with Crippen molar-refractivity contribution in [2.45, 2.75) is 84.0 Å². The summed E-state index contributed by atoms with van der Waals surface area (Å²) in [7, 11) is 0. The first-order valence-corrected chi connectivity index (χ1v) is 8.66. The highest BCUT2D eigenvalue weighted by Crippen LogP contribution is 2.43. The largest absolute Gasteiger partial charge is 0.396 e. The number of hydrogen-bond donors (Lipinski definition) is 1. The van der Waals surface area contributed by atoms with Crippen molar-refractivity contribution in [1.29, 1.82) is 0 Å². The molecule has 0 aliphatic heterocycles. The van der Waals surface area contributed by atoms with Crippen molar-refractivity contribution >= 4 is 0 Å². The molecular weight excluding hydrogens is 232 g/mol. The Morgan fingerprint density at radius 1 is 0.947 bits per heavy atom. The van der Waals surface area contributed by atoms with Crippen LogP contribution in [-0.2, 0) is 0 Å². The minimum absolute atomic E-state index is 0.367. The van der Waals surface area contributed by atoms with E-state index in [1.807, 2.05) is 0 Å². The summed E-state index contributed by atoms with van der Waals surface area (Å²) in [6.45, 7) is 2.64. The molecule has 0 radical (unpaired) electrons. The Balaban J connectivity index is 1.83. The van der Waals surface area contributed by atoms with Gasteiger partial charge in [0.1, 0.15) is 0 Å². The lowest BCUT2D eigenvalue weighted by Gasteiger charge is -1.98. The highest BCUT2D eigenvalue weighted by Gasteiger charge is 2.33. The lowest BCUT2D eigenvalue weighted by molar-refractivity contribution is 0.282. The molecule has 0 amide bonds. The van der Waals surface area contributed by atoms with Gasteiger partial charge in [0.2, 0.25) is 0 Å². The normalized spacial score (nSPS) is 22.2. The summed E-state index contributed by atoms with van der Waals surface area (Å²) >= 11 is 0. The Hall–Kier alpha value is -0.300. The standard InChI is InChI=1S/C18H34O/c1-2-3-4-5-6-7-8-10-13-17-16-18(17)14-11-9-12-15-19/h10,13,17-19H,2-9,11-12,14-16H2,1H3/b13-10+/t17-,18+/m0/s1. The van der Waals surface area contributed by atoms with Crippen LogP contribution in [0.3, 0.4) is 0 Å². The summed E-state index contributed by atoms with van der Waals surface area (Å²) in [5, 5.41) is 8.72. The van der Waals surface area contributed by atoms with Crippen molar-refractivity contribution < 1.29 is 5.11 Å². The topological polar surface area (TPSA) is 20.2 Å². The van der Waals surface area contributed by atoms with Crippen molar-refractivity contribution in [3.63, 3.8) is 0 Å². The molecule has 1 rings (SSSR count). The molecule has 0 bridgehead atoms. The number of aliphatic hydroxyl groups excluding tert-OH is 1. The highest BCUT2D eigenvalue weighted by molar-refractivity contribution is 5.01. The van der Waals surface area contributed by atoms with Crippen LogP contribution in [0.5, 0.6) is 0 Å². The van der Waals surface area contributed by atoms with Crippen LogP contribution in [0.25, 0.3) is 0 Å². The zero-order valence-corrected chi connectivity index (χ0v) is 12.9.